The monoisotopic (exact) mass is 390 g/mol. The second-order valence-corrected chi connectivity index (χ2v) is 7.73. The maximum absolute atomic E-state index is 12.4. The second-order valence-electron chi connectivity index (χ2n) is 6.79. The zero-order valence-corrected chi connectivity index (χ0v) is 17.1. The van der Waals surface area contributed by atoms with E-state index in [-0.39, 0.29) is 5.91 Å². The third kappa shape index (κ3) is 5.09. The number of benzene rings is 1. The Bertz CT molecular complexity index is 766. The molecule has 0 radical (unpaired) electrons. The number of rotatable bonds is 7. The van der Waals surface area contributed by atoms with Gasteiger partial charge in [-0.2, -0.15) is 0 Å². The summed E-state index contributed by atoms with van der Waals surface area (Å²) >= 11 is 1.44. The molecule has 8 heteroatoms. The van der Waals surface area contributed by atoms with Crippen molar-refractivity contribution in [3.63, 3.8) is 0 Å². The minimum Gasteiger partial charge on any atom is -0.370 e. The second kappa shape index (κ2) is 9.34. The first-order valence-electron chi connectivity index (χ1n) is 9.40. The van der Waals surface area contributed by atoms with Crippen LogP contribution in [-0.4, -0.2) is 52.7 Å². The summed E-state index contributed by atoms with van der Waals surface area (Å²) in [5.41, 5.74) is 3.04. The van der Waals surface area contributed by atoms with E-state index in [1.54, 1.807) is 0 Å². The third-order valence-electron chi connectivity index (χ3n) is 4.80. The molecule has 0 saturated carbocycles. The summed E-state index contributed by atoms with van der Waals surface area (Å²) in [6, 6.07) is 6.00. The minimum atomic E-state index is -0.0246. The molecule has 1 aromatic heterocycles. The molecule has 7 nitrogen and oxygen atoms in total. The molecule has 2 N–H and O–H groups in total. The van der Waals surface area contributed by atoms with E-state index >= 15 is 0 Å². The third-order valence-corrected chi connectivity index (χ3v) is 5.76. The van der Waals surface area contributed by atoms with Crippen molar-refractivity contribution in [1.82, 2.24) is 14.8 Å². The molecule has 0 unspecified atom stereocenters. The van der Waals surface area contributed by atoms with Crippen molar-refractivity contribution in [2.45, 2.75) is 39.0 Å². The Morgan fingerprint density at radius 1 is 1.26 bits per heavy atom. The van der Waals surface area contributed by atoms with Crippen LogP contribution < -0.4 is 10.2 Å². The van der Waals surface area contributed by atoms with Crippen molar-refractivity contribution in [2.24, 2.45) is 0 Å². The van der Waals surface area contributed by atoms with Gasteiger partial charge in [0.15, 0.2) is 11.0 Å². The fourth-order valence-corrected chi connectivity index (χ4v) is 4.07. The van der Waals surface area contributed by atoms with Gasteiger partial charge < -0.3 is 19.5 Å². The number of aromatic nitrogens is 3. The molecule has 27 heavy (non-hydrogen) atoms. The Labute approximate surface area is 164 Å². The number of morpholine rings is 1. The molecule has 3 rings (SSSR count). The Balaban J connectivity index is 1.59. The molecule has 1 fully saturated rings. The molecule has 0 atom stereocenters. The lowest BCUT2D eigenvalue weighted by Crippen LogP contribution is -3.12. The average Bonchev–Trinajstić information content (AvgIpc) is 3.05. The Morgan fingerprint density at radius 2 is 1.96 bits per heavy atom. The molecule has 1 saturated heterocycles. The molecular formula is C19H28N5O2S+. The summed E-state index contributed by atoms with van der Waals surface area (Å²) in [5.74, 6) is 1.27. The van der Waals surface area contributed by atoms with E-state index in [1.165, 1.54) is 16.7 Å². The van der Waals surface area contributed by atoms with Gasteiger partial charge in [0, 0.05) is 12.2 Å². The topological polar surface area (TPSA) is 73.5 Å². The van der Waals surface area contributed by atoms with Crippen LogP contribution in [0.1, 0.15) is 23.9 Å². The van der Waals surface area contributed by atoms with E-state index in [0.717, 1.165) is 67.2 Å². The van der Waals surface area contributed by atoms with Gasteiger partial charge in [0.05, 0.1) is 19.0 Å². The van der Waals surface area contributed by atoms with E-state index in [0.29, 0.717) is 5.75 Å². The number of quaternary nitrogens is 1. The van der Waals surface area contributed by atoms with Gasteiger partial charge in [0.2, 0.25) is 5.91 Å². The van der Waals surface area contributed by atoms with Gasteiger partial charge in [0.1, 0.15) is 19.6 Å². The van der Waals surface area contributed by atoms with Crippen LogP contribution in [0.5, 0.6) is 0 Å². The standard InChI is InChI=1S/C19H27N5O2S/c1-4-24-16(12-23-8-10-26-11-9-23)21-22-19(24)27-13-17(25)20-18-14(2)6-5-7-15(18)3/h5-7H,4,8-13H2,1-3H3,(H,20,25)/p+1. The smallest absolute Gasteiger partial charge is 0.234 e. The van der Waals surface area contributed by atoms with Crippen LogP contribution in [-0.2, 0) is 22.6 Å². The molecule has 0 bridgehead atoms. The molecular weight excluding hydrogens is 362 g/mol. The van der Waals surface area contributed by atoms with Crippen LogP contribution in [0.4, 0.5) is 5.69 Å². The highest BCUT2D eigenvalue weighted by Gasteiger charge is 2.20. The van der Waals surface area contributed by atoms with Crippen LogP contribution in [0.15, 0.2) is 23.4 Å². The van der Waals surface area contributed by atoms with E-state index in [2.05, 4.69) is 27.0 Å². The number of aryl methyl sites for hydroxylation is 2. The first kappa shape index (κ1) is 19.9. The predicted octanol–water partition coefficient (Wildman–Crippen LogP) is 1.06. The van der Waals surface area contributed by atoms with Crippen LogP contribution >= 0.6 is 11.8 Å². The maximum atomic E-state index is 12.4. The molecule has 0 spiro atoms. The number of nitrogens with zero attached hydrogens (tertiary/aromatic N) is 3. The normalized spacial score (nSPS) is 15.1. The predicted molar refractivity (Wildman–Crippen MR) is 106 cm³/mol. The lowest BCUT2D eigenvalue weighted by Gasteiger charge is -2.23. The number of thioether (sulfide) groups is 1. The Hall–Kier alpha value is -1.90. The lowest BCUT2D eigenvalue weighted by atomic mass is 10.1. The zero-order chi connectivity index (χ0) is 19.2. The van der Waals surface area contributed by atoms with E-state index < -0.39 is 0 Å². The highest BCUT2D eigenvalue weighted by molar-refractivity contribution is 7.99. The first-order chi connectivity index (χ1) is 13.1. The number of ether oxygens (including phenoxy) is 1. The van der Waals surface area contributed by atoms with Crippen LogP contribution in [0.2, 0.25) is 0 Å². The zero-order valence-electron chi connectivity index (χ0n) is 16.2. The van der Waals surface area contributed by atoms with E-state index in [4.69, 9.17) is 4.74 Å². The van der Waals surface area contributed by atoms with Crippen molar-refractivity contribution < 1.29 is 14.4 Å². The van der Waals surface area contributed by atoms with Crippen LogP contribution in [0, 0.1) is 13.8 Å². The summed E-state index contributed by atoms with van der Waals surface area (Å²) in [6.07, 6.45) is 0. The van der Waals surface area contributed by atoms with E-state index in [9.17, 15) is 4.79 Å². The molecule has 2 heterocycles. The molecule has 1 amide bonds. The SMILES string of the molecule is CCn1c(C[NH+]2CCOCC2)nnc1SCC(=O)Nc1c(C)cccc1C. The minimum absolute atomic E-state index is 0.0246. The molecule has 1 aromatic carbocycles. The van der Waals surface area contributed by atoms with E-state index in [1.807, 2.05) is 32.0 Å². The number of nitrogens with one attached hydrogen (secondary N) is 2. The number of hydrogen-bond donors (Lipinski definition) is 2. The molecule has 1 aliphatic rings. The average molecular weight is 391 g/mol. The molecule has 0 aliphatic carbocycles. The number of hydrogen-bond acceptors (Lipinski definition) is 5. The summed E-state index contributed by atoms with van der Waals surface area (Å²) in [5, 5.41) is 12.5. The summed E-state index contributed by atoms with van der Waals surface area (Å²) < 4.78 is 7.53. The number of carbonyl (C=O) groups is 1. The fourth-order valence-electron chi connectivity index (χ4n) is 3.25. The van der Waals surface area contributed by atoms with Crippen LogP contribution in [0.3, 0.4) is 0 Å². The van der Waals surface area contributed by atoms with Gasteiger partial charge in [-0.3, -0.25) is 4.79 Å². The number of para-hydroxylation sites is 1. The van der Waals surface area contributed by atoms with Gasteiger partial charge in [-0.1, -0.05) is 30.0 Å². The number of amides is 1. The quantitative estimate of drug-likeness (QED) is 0.692. The number of anilines is 1. The summed E-state index contributed by atoms with van der Waals surface area (Å²) in [7, 11) is 0. The molecule has 1 aliphatic heterocycles. The summed E-state index contributed by atoms with van der Waals surface area (Å²) in [4.78, 5) is 13.9. The first-order valence-corrected chi connectivity index (χ1v) is 10.4. The van der Waals surface area contributed by atoms with Crippen molar-refractivity contribution in [3.05, 3.63) is 35.2 Å². The van der Waals surface area contributed by atoms with Gasteiger partial charge in [0.25, 0.3) is 0 Å². The van der Waals surface area contributed by atoms with Crippen molar-refractivity contribution in [3.8, 4) is 0 Å². The van der Waals surface area contributed by atoms with Gasteiger partial charge >= 0.3 is 0 Å². The van der Waals surface area contributed by atoms with Gasteiger partial charge in [-0.05, 0) is 31.9 Å². The number of carbonyl (C=O) groups excluding carboxylic acids is 1. The molecule has 146 valence electrons. The van der Waals surface area contributed by atoms with Crippen molar-refractivity contribution in [1.29, 1.82) is 0 Å². The highest BCUT2D eigenvalue weighted by atomic mass is 32.2. The fraction of sp³-hybridized carbons (Fsp3) is 0.526. The van der Waals surface area contributed by atoms with Crippen molar-refractivity contribution >= 4 is 23.4 Å². The highest BCUT2D eigenvalue weighted by Crippen LogP contribution is 2.21. The Kier molecular flexibility index (Phi) is 6.87. The van der Waals surface area contributed by atoms with Crippen molar-refractivity contribution in [2.75, 3.05) is 37.4 Å². The van der Waals surface area contributed by atoms with Gasteiger partial charge in [-0.25, -0.2) is 0 Å². The molecule has 2 aromatic rings. The summed E-state index contributed by atoms with van der Waals surface area (Å²) in [6.45, 7) is 11.3. The maximum Gasteiger partial charge on any atom is 0.234 e. The van der Waals surface area contributed by atoms with Crippen LogP contribution in [0.25, 0.3) is 0 Å². The Morgan fingerprint density at radius 3 is 2.63 bits per heavy atom. The van der Waals surface area contributed by atoms with Gasteiger partial charge in [-0.15, -0.1) is 10.2 Å². The largest absolute Gasteiger partial charge is 0.370 e. The lowest BCUT2D eigenvalue weighted by molar-refractivity contribution is -0.922.